The third kappa shape index (κ3) is 4.72. The summed E-state index contributed by atoms with van der Waals surface area (Å²) in [7, 11) is -2.95. The summed E-state index contributed by atoms with van der Waals surface area (Å²) >= 11 is 1.76. The zero-order valence-corrected chi connectivity index (χ0v) is 13.3. The molecule has 0 aromatic heterocycles. The largest absolute Gasteiger partial charge is 0.317 e. The molecule has 0 saturated carbocycles. The van der Waals surface area contributed by atoms with Gasteiger partial charge in [-0.05, 0) is 19.0 Å². The van der Waals surface area contributed by atoms with Crippen LogP contribution in [-0.4, -0.2) is 62.1 Å². The highest BCUT2D eigenvalue weighted by Crippen LogP contribution is 2.22. The fraction of sp³-hybridized carbons (Fsp3) is 1.00. The number of hydrogen-bond acceptors (Lipinski definition) is 5. The Morgan fingerprint density at radius 2 is 2.17 bits per heavy atom. The molecular weight excluding hydrogens is 268 g/mol. The van der Waals surface area contributed by atoms with E-state index in [9.17, 15) is 8.42 Å². The van der Waals surface area contributed by atoms with Gasteiger partial charge < -0.3 is 5.32 Å². The molecule has 1 saturated heterocycles. The smallest absolute Gasteiger partial charge is 0.166 e. The fourth-order valence-electron chi connectivity index (χ4n) is 2.20. The Kier molecular flexibility index (Phi) is 6.98. The highest BCUT2D eigenvalue weighted by Gasteiger charge is 2.33. The molecule has 2 atom stereocenters. The SMILES string of the molecule is CCNCC(C)CN1CCSCC1S(=O)(=O)CC. The molecule has 0 radical (unpaired) electrons. The Bertz CT molecular complexity index is 333. The molecule has 1 N–H and O–H groups in total. The van der Waals surface area contributed by atoms with Crippen molar-refractivity contribution in [2.75, 3.05) is 43.4 Å². The standard InChI is InChI=1S/C12H26N2O2S2/c1-4-13-8-11(3)9-14-6-7-17-10-12(14)18(15,16)5-2/h11-13H,4-10H2,1-3H3. The van der Waals surface area contributed by atoms with E-state index < -0.39 is 9.84 Å². The van der Waals surface area contributed by atoms with E-state index in [0.717, 1.165) is 37.7 Å². The third-order valence-electron chi connectivity index (χ3n) is 3.30. The van der Waals surface area contributed by atoms with Crippen molar-refractivity contribution in [1.29, 1.82) is 0 Å². The molecule has 18 heavy (non-hydrogen) atoms. The van der Waals surface area contributed by atoms with Gasteiger partial charge >= 0.3 is 0 Å². The van der Waals surface area contributed by atoms with E-state index in [2.05, 4.69) is 24.1 Å². The molecule has 1 aliphatic heterocycles. The normalized spacial score (nSPS) is 24.1. The predicted molar refractivity (Wildman–Crippen MR) is 79.9 cm³/mol. The summed E-state index contributed by atoms with van der Waals surface area (Å²) in [4.78, 5) is 2.16. The third-order valence-corrected chi connectivity index (χ3v) is 6.63. The van der Waals surface area contributed by atoms with E-state index in [1.54, 1.807) is 18.7 Å². The van der Waals surface area contributed by atoms with Gasteiger partial charge in [0.2, 0.25) is 0 Å². The van der Waals surface area contributed by atoms with Gasteiger partial charge in [0.1, 0.15) is 5.37 Å². The van der Waals surface area contributed by atoms with Gasteiger partial charge in [-0.15, -0.1) is 0 Å². The number of nitrogens with zero attached hydrogens (tertiary/aromatic N) is 1. The molecule has 1 heterocycles. The van der Waals surface area contributed by atoms with Crippen molar-refractivity contribution in [2.45, 2.75) is 26.1 Å². The van der Waals surface area contributed by atoms with E-state index in [1.165, 1.54) is 0 Å². The van der Waals surface area contributed by atoms with Crippen molar-refractivity contribution in [3.63, 3.8) is 0 Å². The maximum absolute atomic E-state index is 12.1. The topological polar surface area (TPSA) is 49.4 Å². The summed E-state index contributed by atoms with van der Waals surface area (Å²) in [5, 5.41) is 3.05. The van der Waals surface area contributed by atoms with Crippen LogP contribution in [0.25, 0.3) is 0 Å². The highest BCUT2D eigenvalue weighted by atomic mass is 32.2. The minimum atomic E-state index is -2.95. The lowest BCUT2D eigenvalue weighted by Crippen LogP contribution is -2.50. The summed E-state index contributed by atoms with van der Waals surface area (Å²) in [6.45, 7) is 9.71. The van der Waals surface area contributed by atoms with Gasteiger partial charge in [0.15, 0.2) is 9.84 Å². The zero-order chi connectivity index (χ0) is 13.6. The van der Waals surface area contributed by atoms with Crippen LogP contribution in [0.5, 0.6) is 0 Å². The second kappa shape index (κ2) is 7.72. The summed E-state index contributed by atoms with van der Waals surface area (Å²) in [6, 6.07) is 0. The lowest BCUT2D eigenvalue weighted by molar-refractivity contribution is 0.231. The molecule has 6 heteroatoms. The van der Waals surface area contributed by atoms with Crippen molar-refractivity contribution >= 4 is 21.6 Å². The maximum Gasteiger partial charge on any atom is 0.166 e. The Morgan fingerprint density at radius 3 is 2.78 bits per heavy atom. The number of nitrogens with one attached hydrogen (secondary N) is 1. The van der Waals surface area contributed by atoms with Crippen LogP contribution in [0.3, 0.4) is 0 Å². The lowest BCUT2D eigenvalue weighted by atomic mass is 10.1. The quantitative estimate of drug-likeness (QED) is 0.760. The maximum atomic E-state index is 12.1. The molecule has 4 nitrogen and oxygen atoms in total. The Hall–Kier alpha value is 0.220. The molecule has 0 bridgehead atoms. The molecule has 108 valence electrons. The Labute approximate surface area is 116 Å². The van der Waals surface area contributed by atoms with E-state index >= 15 is 0 Å². The first-order valence-electron chi connectivity index (χ1n) is 6.75. The van der Waals surface area contributed by atoms with Gasteiger partial charge in [-0.2, -0.15) is 11.8 Å². The molecule has 2 unspecified atom stereocenters. The second-order valence-electron chi connectivity index (χ2n) is 4.89. The van der Waals surface area contributed by atoms with Crippen molar-refractivity contribution in [1.82, 2.24) is 10.2 Å². The van der Waals surface area contributed by atoms with Gasteiger partial charge in [0, 0.05) is 30.3 Å². The van der Waals surface area contributed by atoms with Crippen molar-refractivity contribution in [3.05, 3.63) is 0 Å². The average molecular weight is 294 g/mol. The molecule has 0 spiro atoms. The first-order valence-corrected chi connectivity index (χ1v) is 9.62. The molecular formula is C12H26N2O2S2. The number of rotatable bonds is 7. The fourth-order valence-corrected chi connectivity index (χ4v) is 5.29. The molecule has 0 amide bonds. The van der Waals surface area contributed by atoms with E-state index in [1.807, 2.05) is 0 Å². The first kappa shape index (κ1) is 16.3. The number of thioether (sulfide) groups is 1. The van der Waals surface area contributed by atoms with Crippen molar-refractivity contribution in [3.8, 4) is 0 Å². The summed E-state index contributed by atoms with van der Waals surface area (Å²) in [5.41, 5.74) is 0. The predicted octanol–water partition coefficient (Wildman–Crippen LogP) is 1.04. The summed E-state index contributed by atoms with van der Waals surface area (Å²) < 4.78 is 24.2. The van der Waals surface area contributed by atoms with Crippen molar-refractivity contribution in [2.24, 2.45) is 5.92 Å². The van der Waals surface area contributed by atoms with Gasteiger partial charge in [-0.3, -0.25) is 4.90 Å². The van der Waals surface area contributed by atoms with Gasteiger partial charge in [0.25, 0.3) is 0 Å². The van der Waals surface area contributed by atoms with Crippen LogP contribution in [0.15, 0.2) is 0 Å². The lowest BCUT2D eigenvalue weighted by Gasteiger charge is -2.36. The minimum Gasteiger partial charge on any atom is -0.317 e. The molecule has 1 aliphatic rings. The Morgan fingerprint density at radius 1 is 1.44 bits per heavy atom. The number of sulfone groups is 1. The van der Waals surface area contributed by atoms with Crippen LogP contribution < -0.4 is 5.32 Å². The molecule has 1 rings (SSSR count). The van der Waals surface area contributed by atoms with E-state index in [0.29, 0.717) is 5.92 Å². The first-order chi connectivity index (χ1) is 8.51. The number of hydrogen-bond donors (Lipinski definition) is 1. The van der Waals surface area contributed by atoms with Crippen LogP contribution in [0.4, 0.5) is 0 Å². The minimum absolute atomic E-state index is 0.246. The molecule has 1 fully saturated rings. The van der Waals surface area contributed by atoms with Crippen LogP contribution >= 0.6 is 11.8 Å². The van der Waals surface area contributed by atoms with Crippen LogP contribution in [0.2, 0.25) is 0 Å². The molecule has 0 aliphatic carbocycles. The monoisotopic (exact) mass is 294 g/mol. The molecule has 0 aromatic rings. The zero-order valence-electron chi connectivity index (χ0n) is 11.7. The van der Waals surface area contributed by atoms with Gasteiger partial charge in [-0.25, -0.2) is 8.42 Å². The van der Waals surface area contributed by atoms with E-state index in [-0.39, 0.29) is 11.1 Å². The van der Waals surface area contributed by atoms with Crippen LogP contribution in [0.1, 0.15) is 20.8 Å². The second-order valence-corrected chi connectivity index (χ2v) is 8.49. The van der Waals surface area contributed by atoms with E-state index in [4.69, 9.17) is 0 Å². The van der Waals surface area contributed by atoms with Crippen molar-refractivity contribution < 1.29 is 8.42 Å². The molecule has 0 aromatic carbocycles. The van der Waals surface area contributed by atoms with Gasteiger partial charge in [0.05, 0.1) is 0 Å². The van der Waals surface area contributed by atoms with Crippen LogP contribution in [0, 0.1) is 5.92 Å². The summed E-state index contributed by atoms with van der Waals surface area (Å²) in [5.74, 6) is 2.51. The van der Waals surface area contributed by atoms with Gasteiger partial charge in [-0.1, -0.05) is 20.8 Å². The summed E-state index contributed by atoms with van der Waals surface area (Å²) in [6.07, 6.45) is 0. The van der Waals surface area contributed by atoms with Crippen LogP contribution in [-0.2, 0) is 9.84 Å². The Balaban J connectivity index is 2.60. The highest BCUT2D eigenvalue weighted by molar-refractivity contribution is 8.01. The average Bonchev–Trinajstić information content (AvgIpc) is 2.37.